The predicted octanol–water partition coefficient (Wildman–Crippen LogP) is 6.39. The summed E-state index contributed by atoms with van der Waals surface area (Å²) >= 11 is 0. The predicted molar refractivity (Wildman–Crippen MR) is 141 cm³/mol. The van der Waals surface area contributed by atoms with E-state index in [9.17, 15) is 4.79 Å². The van der Waals surface area contributed by atoms with Gasteiger partial charge in [-0.1, -0.05) is 54.6 Å². The first-order chi connectivity index (χ1) is 17.3. The Bertz CT molecular complexity index is 1400. The van der Waals surface area contributed by atoms with Crippen LogP contribution in [-0.2, 0) is 16.0 Å². The lowest BCUT2D eigenvalue weighted by Crippen LogP contribution is -2.29. The molecule has 0 saturated carbocycles. The Kier molecular flexibility index (Phi) is 5.84. The highest BCUT2D eigenvalue weighted by Crippen LogP contribution is 2.38. The van der Waals surface area contributed by atoms with Gasteiger partial charge in [0, 0.05) is 64.9 Å². The molecule has 1 aliphatic rings. The van der Waals surface area contributed by atoms with Crippen molar-refractivity contribution in [1.82, 2.24) is 9.97 Å². The summed E-state index contributed by atoms with van der Waals surface area (Å²) in [6.07, 6.45) is 6.61. The zero-order valence-electron chi connectivity index (χ0n) is 19.6. The summed E-state index contributed by atoms with van der Waals surface area (Å²) in [4.78, 5) is 20.0. The van der Waals surface area contributed by atoms with Crippen LogP contribution >= 0.6 is 0 Å². The van der Waals surface area contributed by atoms with Gasteiger partial charge in [-0.05, 0) is 54.2 Å². The van der Waals surface area contributed by atoms with Crippen LogP contribution in [0.25, 0.3) is 21.8 Å². The number of rotatable bonds is 6. The van der Waals surface area contributed by atoms with Crippen molar-refractivity contribution in [3.05, 3.63) is 102 Å². The van der Waals surface area contributed by atoms with Crippen molar-refractivity contribution >= 4 is 33.4 Å². The van der Waals surface area contributed by atoms with E-state index < -0.39 is 0 Å². The number of fused-ring (bicyclic) bond motifs is 2. The fourth-order valence-electron chi connectivity index (χ4n) is 5.39. The largest absolute Gasteiger partial charge is 0.381 e. The van der Waals surface area contributed by atoms with Gasteiger partial charge in [-0.25, -0.2) is 0 Å². The second-order valence-corrected chi connectivity index (χ2v) is 9.37. The summed E-state index contributed by atoms with van der Waals surface area (Å²) in [5.41, 5.74) is 6.82. The second-order valence-electron chi connectivity index (χ2n) is 9.37. The van der Waals surface area contributed by atoms with Crippen molar-refractivity contribution < 1.29 is 9.53 Å². The summed E-state index contributed by atoms with van der Waals surface area (Å²) in [5.74, 6) is 0.217. The van der Waals surface area contributed by atoms with E-state index in [1.54, 1.807) is 0 Å². The van der Waals surface area contributed by atoms with E-state index in [4.69, 9.17) is 4.74 Å². The van der Waals surface area contributed by atoms with Gasteiger partial charge in [0.05, 0.1) is 0 Å². The number of aromatic amines is 2. The molecule has 1 fully saturated rings. The topological polar surface area (TPSA) is 69.9 Å². The van der Waals surface area contributed by atoms with Gasteiger partial charge in [0.15, 0.2) is 0 Å². The van der Waals surface area contributed by atoms with Gasteiger partial charge in [0.25, 0.3) is 0 Å². The average Bonchev–Trinajstić information content (AvgIpc) is 3.53. The number of carbonyl (C=O) groups is 1. The molecule has 0 spiro atoms. The molecule has 35 heavy (non-hydrogen) atoms. The van der Waals surface area contributed by atoms with Gasteiger partial charge in [-0.3, -0.25) is 4.79 Å². The quantitative estimate of drug-likeness (QED) is 0.273. The Labute approximate surface area is 204 Å². The van der Waals surface area contributed by atoms with Crippen LogP contribution in [0.15, 0.2) is 85.2 Å². The Morgan fingerprint density at radius 2 is 1.40 bits per heavy atom. The molecule has 0 bridgehead atoms. The molecule has 3 N–H and O–H groups in total. The number of carbonyl (C=O) groups excluding carboxylic acids is 1. The van der Waals surface area contributed by atoms with E-state index in [-0.39, 0.29) is 17.7 Å². The number of benzene rings is 3. The van der Waals surface area contributed by atoms with Gasteiger partial charge in [-0.15, -0.1) is 0 Å². The minimum absolute atomic E-state index is 0.00911. The summed E-state index contributed by atoms with van der Waals surface area (Å²) < 4.78 is 5.44. The van der Waals surface area contributed by atoms with Gasteiger partial charge in [0.2, 0.25) is 5.91 Å². The van der Waals surface area contributed by atoms with Crippen LogP contribution in [0, 0.1) is 5.92 Å². The smallest absolute Gasteiger partial charge is 0.227 e. The third-order valence-electron chi connectivity index (χ3n) is 7.28. The number of para-hydroxylation sites is 3. The lowest BCUT2D eigenvalue weighted by Gasteiger charge is -2.23. The fraction of sp³-hybridized carbons (Fsp3) is 0.233. The molecule has 0 unspecified atom stereocenters. The zero-order chi connectivity index (χ0) is 23.6. The first-order valence-electron chi connectivity index (χ1n) is 12.4. The molecule has 1 aliphatic heterocycles. The van der Waals surface area contributed by atoms with E-state index in [0.717, 1.165) is 41.5 Å². The molecule has 5 nitrogen and oxygen atoms in total. The summed E-state index contributed by atoms with van der Waals surface area (Å²) in [6.45, 7) is 1.31. The third-order valence-corrected chi connectivity index (χ3v) is 7.28. The third kappa shape index (κ3) is 4.24. The Morgan fingerprint density at radius 1 is 0.829 bits per heavy atom. The molecule has 6 rings (SSSR count). The van der Waals surface area contributed by atoms with Crippen molar-refractivity contribution in [3.8, 4) is 0 Å². The van der Waals surface area contributed by atoms with Crippen LogP contribution in [0.5, 0.6) is 0 Å². The maximum atomic E-state index is 13.0. The number of aromatic nitrogens is 2. The van der Waals surface area contributed by atoms with Crippen molar-refractivity contribution in [3.63, 3.8) is 0 Å². The highest BCUT2D eigenvalue weighted by molar-refractivity contribution is 5.93. The summed E-state index contributed by atoms with van der Waals surface area (Å²) in [5, 5.41) is 5.70. The van der Waals surface area contributed by atoms with E-state index in [0.29, 0.717) is 13.2 Å². The monoisotopic (exact) mass is 463 g/mol. The first kappa shape index (κ1) is 21.7. The SMILES string of the molecule is O=C(Nc1ccccc1CC(c1c[nH]c2ccccc12)c1c[nH]c2ccccc12)C1CCOCC1. The average molecular weight is 464 g/mol. The maximum Gasteiger partial charge on any atom is 0.227 e. The van der Waals surface area contributed by atoms with Crippen LogP contribution in [0.3, 0.4) is 0 Å². The second kappa shape index (κ2) is 9.43. The standard InChI is InChI=1S/C30H29N3O2/c34-30(20-13-15-35-16-14-20)33-27-10-4-1-7-21(27)17-24(25-18-31-28-11-5-2-8-22(25)28)26-19-32-29-12-6-3-9-23(26)29/h1-12,18-20,24,31-32H,13-17H2,(H,33,34). The molecular formula is C30H29N3O2. The van der Waals surface area contributed by atoms with Crippen LogP contribution in [0.4, 0.5) is 5.69 Å². The first-order valence-corrected chi connectivity index (χ1v) is 12.4. The molecule has 2 aromatic heterocycles. The van der Waals surface area contributed by atoms with E-state index >= 15 is 0 Å². The molecule has 1 saturated heterocycles. The highest BCUT2D eigenvalue weighted by atomic mass is 16.5. The number of hydrogen-bond donors (Lipinski definition) is 3. The zero-order valence-corrected chi connectivity index (χ0v) is 19.6. The Balaban J connectivity index is 1.40. The molecule has 5 heteroatoms. The number of anilines is 1. The fourth-order valence-corrected chi connectivity index (χ4v) is 5.39. The van der Waals surface area contributed by atoms with E-state index in [1.165, 1.54) is 21.9 Å². The molecule has 0 aliphatic carbocycles. The van der Waals surface area contributed by atoms with Crippen molar-refractivity contribution in [1.29, 1.82) is 0 Å². The van der Waals surface area contributed by atoms with Crippen molar-refractivity contribution in [2.75, 3.05) is 18.5 Å². The minimum Gasteiger partial charge on any atom is -0.381 e. The van der Waals surface area contributed by atoms with Crippen LogP contribution < -0.4 is 5.32 Å². The van der Waals surface area contributed by atoms with Crippen molar-refractivity contribution in [2.45, 2.75) is 25.2 Å². The lowest BCUT2D eigenvalue weighted by atomic mass is 9.85. The Morgan fingerprint density at radius 3 is 2.06 bits per heavy atom. The molecule has 3 aromatic carbocycles. The van der Waals surface area contributed by atoms with Gasteiger partial charge in [-0.2, -0.15) is 0 Å². The van der Waals surface area contributed by atoms with Crippen LogP contribution in [-0.4, -0.2) is 29.1 Å². The maximum absolute atomic E-state index is 13.0. The van der Waals surface area contributed by atoms with Gasteiger partial charge in [0.1, 0.15) is 0 Å². The van der Waals surface area contributed by atoms with Crippen molar-refractivity contribution in [2.24, 2.45) is 5.92 Å². The number of ether oxygens (including phenoxy) is 1. The molecule has 176 valence electrons. The van der Waals surface area contributed by atoms with E-state index in [2.05, 4.69) is 88.3 Å². The number of amides is 1. The van der Waals surface area contributed by atoms with Gasteiger partial charge >= 0.3 is 0 Å². The van der Waals surface area contributed by atoms with Crippen LogP contribution in [0.2, 0.25) is 0 Å². The lowest BCUT2D eigenvalue weighted by molar-refractivity contribution is -0.122. The van der Waals surface area contributed by atoms with E-state index in [1.807, 2.05) is 12.1 Å². The highest BCUT2D eigenvalue weighted by Gasteiger charge is 2.25. The molecule has 5 aromatic rings. The van der Waals surface area contributed by atoms with Crippen LogP contribution in [0.1, 0.15) is 35.4 Å². The minimum atomic E-state index is 0.00911. The Hall–Kier alpha value is -3.83. The molecule has 3 heterocycles. The summed E-state index contributed by atoms with van der Waals surface area (Å²) in [6, 6.07) is 25.1. The number of H-pyrrole nitrogens is 2. The molecule has 0 atom stereocenters. The van der Waals surface area contributed by atoms with Gasteiger partial charge < -0.3 is 20.0 Å². The number of nitrogens with one attached hydrogen (secondary N) is 3. The molecular weight excluding hydrogens is 434 g/mol. The number of hydrogen-bond acceptors (Lipinski definition) is 2. The summed E-state index contributed by atoms with van der Waals surface area (Å²) in [7, 11) is 0. The normalized spacial score (nSPS) is 14.7. The molecule has 1 amide bonds. The molecule has 0 radical (unpaired) electrons.